The lowest BCUT2D eigenvalue weighted by Crippen LogP contribution is -2.53. The molecule has 42 heavy (non-hydrogen) atoms. The molecule has 4 aliphatic carbocycles. The fourth-order valence-corrected chi connectivity index (χ4v) is 9.29. The number of carbonyl (C=O) groups is 4. The first-order valence-corrected chi connectivity index (χ1v) is 15.3. The average molecular weight is 573 g/mol. The third kappa shape index (κ3) is 4.44. The second-order valence-corrected chi connectivity index (χ2v) is 13.8. The van der Waals surface area contributed by atoms with Gasteiger partial charge in [-0.1, -0.05) is 75.2 Å². The second kappa shape index (κ2) is 10.8. The van der Waals surface area contributed by atoms with E-state index in [0.717, 1.165) is 60.8 Å². The zero-order valence-electron chi connectivity index (χ0n) is 25.9. The minimum absolute atomic E-state index is 0.0219. The molecule has 6 nitrogen and oxygen atoms in total. The van der Waals surface area contributed by atoms with Crippen LogP contribution in [-0.2, 0) is 29.9 Å². The molecule has 2 fully saturated rings. The van der Waals surface area contributed by atoms with Gasteiger partial charge in [0.05, 0.1) is 25.0 Å². The predicted octanol–water partition coefficient (Wildman–Crippen LogP) is 7.02. The van der Waals surface area contributed by atoms with Crippen molar-refractivity contribution in [2.75, 3.05) is 14.2 Å². The second-order valence-electron chi connectivity index (χ2n) is 13.8. The van der Waals surface area contributed by atoms with E-state index in [9.17, 15) is 19.2 Å². The van der Waals surface area contributed by atoms with Crippen molar-refractivity contribution in [2.45, 2.75) is 89.9 Å². The highest BCUT2D eigenvalue weighted by Crippen LogP contribution is 2.58. The van der Waals surface area contributed by atoms with Gasteiger partial charge in [0.15, 0.2) is 11.6 Å². The number of hydrogen-bond donors (Lipinski definition) is 0. The van der Waals surface area contributed by atoms with Crippen LogP contribution in [0.2, 0.25) is 0 Å². The monoisotopic (exact) mass is 572 g/mol. The van der Waals surface area contributed by atoms with E-state index in [1.165, 1.54) is 14.2 Å². The van der Waals surface area contributed by atoms with Crippen LogP contribution in [0.1, 0.15) is 111 Å². The Labute approximate surface area is 249 Å². The molecule has 6 unspecified atom stereocenters. The Morgan fingerprint density at radius 3 is 1.33 bits per heavy atom. The topological polar surface area (TPSA) is 86.7 Å². The zero-order chi connectivity index (χ0) is 30.5. The van der Waals surface area contributed by atoms with E-state index in [4.69, 9.17) is 9.47 Å². The highest BCUT2D eigenvalue weighted by atomic mass is 16.5. The summed E-state index contributed by atoms with van der Waals surface area (Å²) in [5.41, 5.74) is 2.53. The van der Waals surface area contributed by atoms with Gasteiger partial charge in [0, 0.05) is 24.0 Å². The number of fused-ring (bicyclic) bond motifs is 6. The minimum atomic E-state index is -0.565. The molecule has 2 saturated carbocycles. The van der Waals surface area contributed by atoms with Crippen LogP contribution in [0, 0.1) is 22.7 Å². The van der Waals surface area contributed by atoms with Crippen molar-refractivity contribution in [3.8, 4) is 0 Å². The van der Waals surface area contributed by atoms with Crippen LogP contribution in [0.3, 0.4) is 0 Å². The number of Topliss-reactive ketones (excluding diaryl/α,β-unsaturated/α-hetero) is 2. The van der Waals surface area contributed by atoms with E-state index < -0.39 is 10.8 Å². The van der Waals surface area contributed by atoms with Crippen molar-refractivity contribution in [1.82, 2.24) is 0 Å². The Morgan fingerprint density at radius 1 is 0.619 bits per heavy atom. The maximum Gasteiger partial charge on any atom is 0.311 e. The van der Waals surface area contributed by atoms with Crippen molar-refractivity contribution >= 4 is 23.5 Å². The summed E-state index contributed by atoms with van der Waals surface area (Å²) in [5, 5.41) is 0. The lowest BCUT2D eigenvalue weighted by molar-refractivity contribution is -0.161. The molecule has 6 heteroatoms. The van der Waals surface area contributed by atoms with Crippen LogP contribution >= 0.6 is 0 Å². The van der Waals surface area contributed by atoms with Gasteiger partial charge in [-0.3, -0.25) is 19.2 Å². The van der Waals surface area contributed by atoms with Gasteiger partial charge in [-0.15, -0.1) is 0 Å². The fourth-order valence-electron chi connectivity index (χ4n) is 9.29. The van der Waals surface area contributed by atoms with E-state index in [0.29, 0.717) is 12.8 Å². The molecule has 0 saturated heterocycles. The van der Waals surface area contributed by atoms with E-state index >= 15 is 0 Å². The van der Waals surface area contributed by atoms with Gasteiger partial charge in [-0.25, -0.2) is 0 Å². The largest absolute Gasteiger partial charge is 0.469 e. The highest BCUT2D eigenvalue weighted by molar-refractivity contribution is 6.01. The first-order valence-electron chi connectivity index (χ1n) is 15.3. The molecule has 0 aromatic heterocycles. The summed E-state index contributed by atoms with van der Waals surface area (Å²) in [5.74, 6) is 0.00798. The molecular formula is C36H44O6. The third-order valence-corrected chi connectivity index (χ3v) is 11.6. The molecular weight excluding hydrogens is 528 g/mol. The van der Waals surface area contributed by atoms with Crippen LogP contribution < -0.4 is 0 Å². The summed E-state index contributed by atoms with van der Waals surface area (Å²) in [4.78, 5) is 49.8. The van der Waals surface area contributed by atoms with Crippen molar-refractivity contribution in [3.05, 3.63) is 70.8 Å². The molecule has 0 radical (unpaired) electrons. The first-order chi connectivity index (χ1) is 19.9. The van der Waals surface area contributed by atoms with E-state index in [2.05, 4.69) is 26.0 Å². The number of ether oxygens (including phenoxy) is 2. The van der Waals surface area contributed by atoms with E-state index in [-0.39, 0.29) is 46.2 Å². The van der Waals surface area contributed by atoms with Crippen LogP contribution in [0.25, 0.3) is 0 Å². The van der Waals surface area contributed by atoms with E-state index in [1.54, 1.807) is 0 Å². The molecule has 6 atom stereocenters. The maximum atomic E-state index is 12.5. The Morgan fingerprint density at radius 2 is 0.976 bits per heavy atom. The number of methoxy groups -OCH3 is 2. The van der Waals surface area contributed by atoms with Gasteiger partial charge >= 0.3 is 11.9 Å². The van der Waals surface area contributed by atoms with Crippen LogP contribution in [0.15, 0.2) is 48.5 Å². The smallest absolute Gasteiger partial charge is 0.311 e. The van der Waals surface area contributed by atoms with Crippen molar-refractivity contribution < 1.29 is 28.7 Å². The molecule has 6 rings (SSSR count). The lowest BCUT2D eigenvalue weighted by atomic mass is 9.49. The summed E-state index contributed by atoms with van der Waals surface area (Å²) in [6.45, 7) is 8.37. The van der Waals surface area contributed by atoms with Gasteiger partial charge in [0.1, 0.15) is 0 Å². The van der Waals surface area contributed by atoms with E-state index in [1.807, 2.05) is 50.2 Å². The maximum absolute atomic E-state index is 12.5. The molecule has 2 aromatic carbocycles. The molecule has 224 valence electrons. The minimum Gasteiger partial charge on any atom is -0.469 e. The van der Waals surface area contributed by atoms with Crippen LogP contribution in [0.5, 0.6) is 0 Å². The van der Waals surface area contributed by atoms with Crippen molar-refractivity contribution in [1.29, 1.82) is 0 Å². The highest BCUT2D eigenvalue weighted by Gasteiger charge is 2.58. The quantitative estimate of drug-likeness (QED) is 0.360. The number of ketones is 2. The number of esters is 2. The molecule has 4 aliphatic rings. The molecule has 0 heterocycles. The standard InChI is InChI=1S/2C18H22O3/c2*1-17-9-6-10-18(2,16(20)21-3)15(17)11-14(19)12-7-4-5-8-13(12)17/h2*4-5,7-8,15H,6,9-11H2,1-3H3. The average Bonchev–Trinajstić information content (AvgIpc) is 2.99. The SMILES string of the molecule is COC(=O)C1(C)CCCC2(C)c3ccccc3C(=O)CC12.COC(=O)C1(C)CCCC2(C)c3ccccc3C(=O)CC12. The summed E-state index contributed by atoms with van der Waals surface area (Å²) in [6, 6.07) is 15.8. The molecule has 0 aliphatic heterocycles. The lowest BCUT2D eigenvalue weighted by Gasteiger charge is -2.53. The molecule has 2 aromatic rings. The van der Waals surface area contributed by atoms with Crippen LogP contribution in [-0.4, -0.2) is 37.7 Å². The Hall–Kier alpha value is -3.28. The number of hydrogen-bond acceptors (Lipinski definition) is 6. The fraction of sp³-hybridized carbons (Fsp3) is 0.556. The number of benzene rings is 2. The van der Waals surface area contributed by atoms with Gasteiger partial charge in [0.2, 0.25) is 0 Å². The van der Waals surface area contributed by atoms with Gasteiger partial charge < -0.3 is 9.47 Å². The van der Waals surface area contributed by atoms with Crippen molar-refractivity contribution in [3.63, 3.8) is 0 Å². The van der Waals surface area contributed by atoms with Gasteiger partial charge in [0.25, 0.3) is 0 Å². The summed E-state index contributed by atoms with van der Waals surface area (Å²) in [6.07, 6.45) is 6.51. The molecule has 0 spiro atoms. The Bertz CT molecular complexity index is 1320. The molecule has 0 bridgehead atoms. The number of carbonyl (C=O) groups excluding carboxylic acids is 4. The Kier molecular flexibility index (Phi) is 7.74. The summed E-state index contributed by atoms with van der Waals surface area (Å²) < 4.78 is 10.1. The zero-order valence-corrected chi connectivity index (χ0v) is 25.9. The predicted molar refractivity (Wildman–Crippen MR) is 160 cm³/mol. The number of rotatable bonds is 2. The van der Waals surface area contributed by atoms with Gasteiger partial charge in [-0.05, 0) is 73.3 Å². The third-order valence-electron chi connectivity index (χ3n) is 11.6. The normalized spacial score (nSPS) is 34.8. The Balaban J connectivity index is 0.000000168. The summed E-state index contributed by atoms with van der Waals surface area (Å²) >= 11 is 0. The molecule has 0 amide bonds. The first kappa shape index (κ1) is 30.2. The van der Waals surface area contributed by atoms with Crippen LogP contribution in [0.4, 0.5) is 0 Å². The van der Waals surface area contributed by atoms with Gasteiger partial charge in [-0.2, -0.15) is 0 Å². The molecule has 0 N–H and O–H groups in total. The summed E-state index contributed by atoms with van der Waals surface area (Å²) in [7, 11) is 2.89. The van der Waals surface area contributed by atoms with Crippen molar-refractivity contribution in [2.24, 2.45) is 22.7 Å².